The second kappa shape index (κ2) is 5.38. The third kappa shape index (κ3) is 3.32. The molecule has 14 heavy (non-hydrogen) atoms. The first kappa shape index (κ1) is 11.5. The van der Waals surface area contributed by atoms with Gasteiger partial charge in [0.2, 0.25) is 0 Å². The van der Waals surface area contributed by atoms with Gasteiger partial charge in [-0.15, -0.1) is 0 Å². The largest absolute Gasteiger partial charge is 0.310 e. The summed E-state index contributed by atoms with van der Waals surface area (Å²) in [5.41, 5.74) is 1.17. The van der Waals surface area contributed by atoms with Crippen molar-refractivity contribution in [1.29, 1.82) is 0 Å². The van der Waals surface area contributed by atoms with E-state index < -0.39 is 0 Å². The summed E-state index contributed by atoms with van der Waals surface area (Å²) in [6.07, 6.45) is 0. The molecule has 0 unspecified atom stereocenters. The van der Waals surface area contributed by atoms with Crippen LogP contribution in [-0.2, 0) is 6.54 Å². The lowest BCUT2D eigenvalue weighted by Crippen LogP contribution is -2.30. The number of hydrogen-bond donors (Lipinski definition) is 1. The predicted molar refractivity (Wildman–Crippen MR) is 62.6 cm³/mol. The summed E-state index contributed by atoms with van der Waals surface area (Å²) >= 11 is 6.05. The van der Waals surface area contributed by atoms with Crippen LogP contribution >= 0.6 is 11.6 Å². The maximum Gasteiger partial charge on any atom is 0.0450 e. The molecule has 1 aromatic carbocycles. The summed E-state index contributed by atoms with van der Waals surface area (Å²) in [7, 11) is 0. The molecule has 78 valence electrons. The van der Waals surface area contributed by atoms with E-state index in [9.17, 15) is 0 Å². The van der Waals surface area contributed by atoms with Crippen LogP contribution in [0.1, 0.15) is 26.3 Å². The molecule has 0 saturated carbocycles. The van der Waals surface area contributed by atoms with Gasteiger partial charge in [-0.2, -0.15) is 0 Å². The van der Waals surface area contributed by atoms with E-state index in [2.05, 4.69) is 32.2 Å². The standard InChI is InChI=1S/C12H18ClN/c1-9(2)10(3)14-8-11-6-4-5-7-12(11)13/h4-7,9-10,14H,8H2,1-3H3/t10-/m0/s1. The summed E-state index contributed by atoms with van der Waals surface area (Å²) in [4.78, 5) is 0. The molecule has 0 aliphatic heterocycles. The van der Waals surface area contributed by atoms with E-state index in [0.717, 1.165) is 11.6 Å². The Morgan fingerprint density at radius 1 is 1.21 bits per heavy atom. The van der Waals surface area contributed by atoms with Gasteiger partial charge in [0.05, 0.1) is 0 Å². The van der Waals surface area contributed by atoms with E-state index in [1.54, 1.807) is 0 Å². The van der Waals surface area contributed by atoms with Crippen LogP contribution in [0.5, 0.6) is 0 Å². The van der Waals surface area contributed by atoms with Gasteiger partial charge in [-0.05, 0) is 24.5 Å². The van der Waals surface area contributed by atoms with Crippen molar-refractivity contribution in [2.24, 2.45) is 5.92 Å². The molecule has 2 heteroatoms. The number of rotatable bonds is 4. The first-order valence-electron chi connectivity index (χ1n) is 5.08. The Morgan fingerprint density at radius 2 is 1.86 bits per heavy atom. The van der Waals surface area contributed by atoms with Gasteiger partial charge in [0.25, 0.3) is 0 Å². The van der Waals surface area contributed by atoms with Crippen LogP contribution in [0.15, 0.2) is 24.3 Å². The molecule has 0 aromatic heterocycles. The van der Waals surface area contributed by atoms with Crippen molar-refractivity contribution in [2.75, 3.05) is 0 Å². The number of hydrogen-bond acceptors (Lipinski definition) is 1. The molecule has 0 heterocycles. The van der Waals surface area contributed by atoms with E-state index in [0.29, 0.717) is 12.0 Å². The lowest BCUT2D eigenvalue weighted by Gasteiger charge is -2.17. The fourth-order valence-corrected chi connectivity index (χ4v) is 1.35. The third-order valence-electron chi connectivity index (χ3n) is 2.57. The third-order valence-corrected chi connectivity index (χ3v) is 2.94. The van der Waals surface area contributed by atoms with Gasteiger partial charge in [0.15, 0.2) is 0 Å². The Labute approximate surface area is 91.5 Å². The monoisotopic (exact) mass is 211 g/mol. The Hall–Kier alpha value is -0.530. The van der Waals surface area contributed by atoms with Crippen molar-refractivity contribution in [3.8, 4) is 0 Å². The van der Waals surface area contributed by atoms with Gasteiger partial charge < -0.3 is 5.32 Å². The fourth-order valence-electron chi connectivity index (χ4n) is 1.15. The summed E-state index contributed by atoms with van der Waals surface area (Å²) in [6.45, 7) is 7.47. The molecular formula is C12H18ClN. The van der Waals surface area contributed by atoms with Crippen molar-refractivity contribution in [2.45, 2.75) is 33.4 Å². The van der Waals surface area contributed by atoms with Crippen molar-refractivity contribution < 1.29 is 0 Å². The van der Waals surface area contributed by atoms with Crippen LogP contribution in [0.2, 0.25) is 5.02 Å². The molecule has 0 saturated heterocycles. The van der Waals surface area contributed by atoms with Crippen LogP contribution in [0.4, 0.5) is 0 Å². The molecule has 1 atom stereocenters. The van der Waals surface area contributed by atoms with Crippen LogP contribution in [0, 0.1) is 5.92 Å². The SMILES string of the molecule is CC(C)[C@H](C)NCc1ccccc1Cl. The minimum atomic E-state index is 0.520. The molecule has 0 radical (unpaired) electrons. The van der Waals surface area contributed by atoms with Crippen LogP contribution in [0.25, 0.3) is 0 Å². The lowest BCUT2D eigenvalue weighted by atomic mass is 10.1. The quantitative estimate of drug-likeness (QED) is 0.804. The van der Waals surface area contributed by atoms with E-state index in [1.807, 2.05) is 18.2 Å². The normalized spacial score (nSPS) is 13.2. The smallest absolute Gasteiger partial charge is 0.0450 e. The van der Waals surface area contributed by atoms with E-state index >= 15 is 0 Å². The van der Waals surface area contributed by atoms with Gasteiger partial charge in [-0.25, -0.2) is 0 Å². The molecule has 0 fully saturated rings. The summed E-state index contributed by atoms with van der Waals surface area (Å²) in [5, 5.41) is 4.30. The highest BCUT2D eigenvalue weighted by molar-refractivity contribution is 6.31. The lowest BCUT2D eigenvalue weighted by molar-refractivity contribution is 0.426. The topological polar surface area (TPSA) is 12.0 Å². The molecule has 0 aliphatic rings. The molecule has 0 spiro atoms. The van der Waals surface area contributed by atoms with E-state index in [1.165, 1.54) is 5.56 Å². The van der Waals surface area contributed by atoms with Gasteiger partial charge in [-0.3, -0.25) is 0 Å². The minimum Gasteiger partial charge on any atom is -0.310 e. The highest BCUT2D eigenvalue weighted by atomic mass is 35.5. The molecule has 0 aliphatic carbocycles. The van der Waals surface area contributed by atoms with Gasteiger partial charge >= 0.3 is 0 Å². The van der Waals surface area contributed by atoms with Crippen molar-refractivity contribution in [1.82, 2.24) is 5.32 Å². The summed E-state index contributed by atoms with van der Waals surface area (Å²) in [6, 6.07) is 8.48. The van der Waals surface area contributed by atoms with Gasteiger partial charge in [0, 0.05) is 17.6 Å². The predicted octanol–water partition coefficient (Wildman–Crippen LogP) is 3.47. The number of nitrogens with one attached hydrogen (secondary N) is 1. The second-order valence-corrected chi connectivity index (χ2v) is 4.41. The van der Waals surface area contributed by atoms with Crippen molar-refractivity contribution in [3.05, 3.63) is 34.9 Å². The number of benzene rings is 1. The zero-order chi connectivity index (χ0) is 10.6. The molecule has 1 aromatic rings. The second-order valence-electron chi connectivity index (χ2n) is 4.01. The molecule has 1 N–H and O–H groups in total. The number of halogens is 1. The minimum absolute atomic E-state index is 0.520. The summed E-state index contributed by atoms with van der Waals surface area (Å²) in [5.74, 6) is 0.650. The average molecular weight is 212 g/mol. The summed E-state index contributed by atoms with van der Waals surface area (Å²) < 4.78 is 0. The maximum atomic E-state index is 6.05. The highest BCUT2D eigenvalue weighted by Gasteiger charge is 2.06. The average Bonchev–Trinajstić information content (AvgIpc) is 2.16. The van der Waals surface area contributed by atoms with Crippen molar-refractivity contribution >= 4 is 11.6 Å². The Morgan fingerprint density at radius 3 is 2.43 bits per heavy atom. The first-order valence-corrected chi connectivity index (χ1v) is 5.46. The molecular weight excluding hydrogens is 194 g/mol. The van der Waals surface area contributed by atoms with Crippen LogP contribution in [-0.4, -0.2) is 6.04 Å². The van der Waals surface area contributed by atoms with Gasteiger partial charge in [0.1, 0.15) is 0 Å². The molecule has 0 bridgehead atoms. The van der Waals surface area contributed by atoms with Crippen LogP contribution in [0.3, 0.4) is 0 Å². The van der Waals surface area contributed by atoms with E-state index in [4.69, 9.17) is 11.6 Å². The van der Waals surface area contributed by atoms with E-state index in [-0.39, 0.29) is 0 Å². The Bertz CT molecular complexity index is 283. The molecule has 0 amide bonds. The molecule has 1 rings (SSSR count). The Kier molecular flexibility index (Phi) is 4.43. The van der Waals surface area contributed by atoms with Gasteiger partial charge in [-0.1, -0.05) is 43.6 Å². The highest BCUT2D eigenvalue weighted by Crippen LogP contribution is 2.14. The molecule has 1 nitrogen and oxygen atoms in total. The maximum absolute atomic E-state index is 6.05. The Balaban J connectivity index is 2.50. The zero-order valence-electron chi connectivity index (χ0n) is 9.05. The van der Waals surface area contributed by atoms with Crippen LogP contribution < -0.4 is 5.32 Å². The fraction of sp³-hybridized carbons (Fsp3) is 0.500. The first-order chi connectivity index (χ1) is 6.61. The zero-order valence-corrected chi connectivity index (χ0v) is 9.81. The van der Waals surface area contributed by atoms with Crippen molar-refractivity contribution in [3.63, 3.8) is 0 Å².